The summed E-state index contributed by atoms with van der Waals surface area (Å²) in [6.45, 7) is 0. The van der Waals surface area contributed by atoms with Gasteiger partial charge in [-0.15, -0.1) is 34.0 Å². The molecule has 15 rings (SSSR count). The topological polar surface area (TPSA) is 38.4 Å². The van der Waals surface area contributed by atoms with Crippen molar-refractivity contribution in [1.29, 1.82) is 0 Å². The van der Waals surface area contributed by atoms with Crippen LogP contribution in [0.2, 0.25) is 0 Å². The van der Waals surface area contributed by atoms with Crippen molar-refractivity contribution in [3.63, 3.8) is 0 Å². The summed E-state index contributed by atoms with van der Waals surface area (Å²) in [5.74, 6) is 0.834. The Morgan fingerprint density at radius 3 is 1.68 bits per heavy atom. The maximum absolute atomic E-state index is 5.25. The van der Waals surface area contributed by atoms with E-state index in [0.29, 0.717) is 0 Å². The van der Waals surface area contributed by atoms with E-state index in [1.165, 1.54) is 58.3 Å². The van der Waals surface area contributed by atoms with E-state index in [1.54, 1.807) is 0 Å². The van der Waals surface area contributed by atoms with Crippen LogP contribution >= 0.6 is 0 Å². The van der Waals surface area contributed by atoms with Crippen molar-refractivity contribution in [2.24, 2.45) is 0 Å². The Kier molecular flexibility index (Phi) is 11.0. The quantitative estimate of drug-likeness (QED) is 0.0659. The maximum atomic E-state index is 5.25. The average Bonchev–Trinajstić information content (AvgIpc) is 4.27. The third-order valence-electron chi connectivity index (χ3n) is 15.8. The van der Waals surface area contributed by atoms with E-state index in [1.807, 2.05) is 18.5 Å². The van der Waals surface area contributed by atoms with Gasteiger partial charge in [-0.1, -0.05) is 203 Å². The van der Waals surface area contributed by atoms with E-state index in [0.717, 1.165) is 55.2 Å². The fourth-order valence-electron chi connectivity index (χ4n) is 12.8. The van der Waals surface area contributed by atoms with Crippen molar-refractivity contribution >= 4 is 124 Å². The van der Waals surface area contributed by atoms with Gasteiger partial charge in [-0.2, -0.15) is 23.4 Å². The number of fused-ring (bicyclic) bond motifs is 12. The number of benzene rings is 10. The minimum absolute atomic E-state index is 0. The molecule has 0 unspecified atom stereocenters. The first-order valence-electron chi connectivity index (χ1n) is 25.6. The number of hydrogen-bond donors (Lipinski definition) is 0. The summed E-state index contributed by atoms with van der Waals surface area (Å²) in [7, 11) is -6.68. The molecule has 360 valence electrons. The van der Waals surface area contributed by atoms with E-state index in [-0.39, 0.29) is 21.1 Å². The molecule has 0 saturated heterocycles. The zero-order valence-corrected chi connectivity index (χ0v) is 45.3. The minimum atomic E-state index is -3.34. The van der Waals surface area contributed by atoms with Crippen LogP contribution in [-0.2, 0) is 21.1 Å². The second-order valence-electron chi connectivity index (χ2n) is 19.5. The number of rotatable bonds is 8. The van der Waals surface area contributed by atoms with Crippen LogP contribution < -0.4 is 46.4 Å². The van der Waals surface area contributed by atoms with E-state index in [2.05, 4.69) is 281 Å². The van der Waals surface area contributed by atoms with Crippen molar-refractivity contribution in [1.82, 2.24) is 18.9 Å². The third kappa shape index (κ3) is 6.59. The van der Waals surface area contributed by atoms with Crippen LogP contribution in [0.3, 0.4) is 0 Å². The van der Waals surface area contributed by atoms with Crippen molar-refractivity contribution in [3.8, 4) is 5.69 Å². The monoisotopic (exact) mass is 1180 g/mol. The van der Waals surface area contributed by atoms with Crippen LogP contribution in [0.1, 0.15) is 0 Å². The number of aromatic nitrogens is 4. The molecule has 0 radical (unpaired) electrons. The van der Waals surface area contributed by atoms with Crippen molar-refractivity contribution in [2.45, 2.75) is 0 Å². The number of imidazole rings is 1. The van der Waals surface area contributed by atoms with Gasteiger partial charge < -0.3 is 13.9 Å². The minimum Gasteiger partial charge on any atom is -0.340 e. The molecule has 1 aliphatic rings. The summed E-state index contributed by atoms with van der Waals surface area (Å²) in [5.41, 5.74) is 7.59. The van der Waals surface area contributed by atoms with Gasteiger partial charge in [-0.25, -0.2) is 4.98 Å². The number of para-hydroxylation sites is 3. The molecule has 0 aliphatic carbocycles. The Labute approximate surface area is 456 Å². The Hall–Kier alpha value is -8.72. The second-order valence-corrected chi connectivity index (χ2v) is 26.9. The molecule has 4 aromatic heterocycles. The van der Waals surface area contributed by atoms with Gasteiger partial charge in [0.25, 0.3) is 0 Å². The van der Waals surface area contributed by atoms with Crippen LogP contribution in [0, 0.1) is 12.1 Å². The van der Waals surface area contributed by atoms with Gasteiger partial charge in [0.1, 0.15) is 22.0 Å². The molecule has 0 amide bonds. The summed E-state index contributed by atoms with van der Waals surface area (Å²) >= 11 is 0. The predicted molar refractivity (Wildman–Crippen MR) is 315 cm³/mol. The summed E-state index contributed by atoms with van der Waals surface area (Å²) in [6, 6.07) is 103. The van der Waals surface area contributed by atoms with E-state index < -0.39 is 16.1 Å². The van der Waals surface area contributed by atoms with Crippen LogP contribution in [0.5, 0.6) is 0 Å². The molecule has 10 aromatic carbocycles. The smallest absolute Gasteiger partial charge is 0.340 e. The first kappa shape index (κ1) is 45.9. The molecule has 0 bridgehead atoms. The first-order valence-corrected chi connectivity index (χ1v) is 29.6. The Morgan fingerprint density at radius 2 is 1.01 bits per heavy atom. The standard InChI is InChI=1S/C68H45N5Si2.Pt/c1-6-22-48(23-7-1)72-60-35-19-17-33-57(60)66-61(72)40-41-62-67(66)75(51-28-12-4-13-29-51,52-30-14-5-15-31-52)64-42-38-54(47-63(64)73(62)65-36-20-21-43-69-65)74(49-24-8-2-9-25-49,50-26-10-3-11-27-50)53-37-39-55-56-32-16-18-34-59(56)71-45-44-70-68(71)58(55)46-53;/h1-45H;/q-2;+2. The van der Waals surface area contributed by atoms with Gasteiger partial charge in [0.05, 0.1) is 16.7 Å². The molecule has 14 aromatic rings. The fraction of sp³-hybridized carbons (Fsp3) is 0. The van der Waals surface area contributed by atoms with Crippen molar-refractivity contribution in [2.75, 3.05) is 4.90 Å². The Morgan fingerprint density at radius 1 is 0.434 bits per heavy atom. The van der Waals surface area contributed by atoms with E-state index in [9.17, 15) is 0 Å². The number of anilines is 3. The average molecular weight is 1180 g/mol. The largest absolute Gasteiger partial charge is 2.00 e. The number of nitrogens with zero attached hydrogens (tertiary/aromatic N) is 5. The van der Waals surface area contributed by atoms with Gasteiger partial charge >= 0.3 is 21.1 Å². The summed E-state index contributed by atoms with van der Waals surface area (Å²) in [5, 5.41) is 15.7. The van der Waals surface area contributed by atoms with Crippen LogP contribution in [-0.4, -0.2) is 35.1 Å². The number of pyridine rings is 2. The molecule has 0 fully saturated rings. The fourth-order valence-corrected chi connectivity index (χ4v) is 22.6. The van der Waals surface area contributed by atoms with E-state index in [4.69, 9.17) is 9.97 Å². The van der Waals surface area contributed by atoms with Gasteiger partial charge in [0, 0.05) is 46.3 Å². The molecule has 76 heavy (non-hydrogen) atoms. The molecular formula is C68H45N5PtSi2. The van der Waals surface area contributed by atoms with Gasteiger partial charge in [-0.05, 0) is 69.5 Å². The van der Waals surface area contributed by atoms with Gasteiger partial charge in [0.15, 0.2) is 0 Å². The van der Waals surface area contributed by atoms with Crippen LogP contribution in [0.4, 0.5) is 17.2 Å². The van der Waals surface area contributed by atoms with Gasteiger partial charge in [-0.3, -0.25) is 4.98 Å². The summed E-state index contributed by atoms with van der Waals surface area (Å²) < 4.78 is 4.67. The zero-order chi connectivity index (χ0) is 49.5. The summed E-state index contributed by atoms with van der Waals surface area (Å²) in [6.07, 6.45) is 5.90. The van der Waals surface area contributed by atoms with Crippen molar-refractivity contribution in [3.05, 3.63) is 286 Å². The molecule has 1 aliphatic heterocycles. The SMILES string of the molecule is [Pt+2].[c-]1c([Si](c2[c-]c3c(cc2)c2ccccc2n2ccnc32)(c2ccccc2)c2ccccc2)ccc2c1N(c1ccccn1)c1ccc3c(c1[Si]2(c1ccccc1)c1ccccc1)c1ccccc1n3-c1ccccc1. The van der Waals surface area contributed by atoms with Crippen LogP contribution in [0.25, 0.3) is 54.8 Å². The Bertz CT molecular complexity index is 4400. The third-order valence-corrected chi connectivity index (χ3v) is 25.2. The second kappa shape index (κ2) is 18.3. The number of hydrogen-bond acceptors (Lipinski definition) is 3. The molecule has 0 saturated carbocycles. The summed E-state index contributed by atoms with van der Waals surface area (Å²) in [4.78, 5) is 12.7. The maximum Gasteiger partial charge on any atom is 2.00 e. The van der Waals surface area contributed by atoms with Crippen LogP contribution in [0.15, 0.2) is 273 Å². The molecular weight excluding hydrogens is 1140 g/mol. The molecule has 0 atom stereocenters. The van der Waals surface area contributed by atoms with Gasteiger partial charge in [0.2, 0.25) is 0 Å². The predicted octanol–water partition coefficient (Wildman–Crippen LogP) is 10.3. The molecule has 0 N–H and O–H groups in total. The molecule has 8 heteroatoms. The first-order chi connectivity index (χ1) is 37.2. The van der Waals surface area contributed by atoms with Crippen molar-refractivity contribution < 1.29 is 21.1 Å². The van der Waals surface area contributed by atoms with E-state index >= 15 is 0 Å². The molecule has 0 spiro atoms. The Balaban J connectivity index is 0.00000528. The molecule has 5 heterocycles. The molecule has 5 nitrogen and oxygen atoms in total. The zero-order valence-electron chi connectivity index (χ0n) is 41.0. The normalized spacial score (nSPS) is 13.0.